The molecule has 0 fully saturated rings. The molecule has 0 aliphatic heterocycles. The summed E-state index contributed by atoms with van der Waals surface area (Å²) in [5, 5.41) is 0. The standard InChI is InChI=1S/3C6H8F6O2P.C6H8F6OP.CH4.2Sn/c3*1-15(2,14)3-4(13,5(7,8)9)6(10,11)12;1-14(2)3-4(13,5(7,8)9)6(10,11)12;;;/h3*3H2,1-2H3;3H2,1-2H3;1H4;;/q4*-1;;2*+2/p+1. The topological polar surface area (TPSA) is 88.1 Å². The van der Waals surface area contributed by atoms with Crippen LogP contribution >= 0.6 is 29.3 Å². The third-order valence-electron chi connectivity index (χ3n) is 6.94. The van der Waals surface area contributed by atoms with Gasteiger partial charge in [-0.1, -0.05) is 7.43 Å². The number of alkyl halides is 24. The van der Waals surface area contributed by atoms with Crippen LogP contribution in [-0.4, -0.2) is 194 Å². The van der Waals surface area contributed by atoms with Gasteiger partial charge in [-0.05, 0) is 0 Å². The molecular weight excluding hydrogens is 1230 g/mol. The van der Waals surface area contributed by atoms with E-state index in [9.17, 15) is 119 Å². The van der Waals surface area contributed by atoms with E-state index >= 15 is 0 Å². The van der Waals surface area contributed by atoms with E-state index < -0.39 is 170 Å². The first-order valence-corrected chi connectivity index (χ1v) is 30.8. The molecule has 0 N–H and O–H groups in total. The van der Waals surface area contributed by atoms with E-state index in [4.69, 9.17) is 0 Å². The van der Waals surface area contributed by atoms with Gasteiger partial charge in [0, 0.05) is 0 Å². The zero-order chi connectivity index (χ0) is 50.1. The monoisotopic (exact) mass is 1270 g/mol. The van der Waals surface area contributed by atoms with Gasteiger partial charge in [-0.2, -0.15) is 0 Å². The maximum atomic E-state index is 13.3. The fourth-order valence-corrected chi connectivity index (χ4v) is 17.1. The fourth-order valence-electron chi connectivity index (χ4n) is 4.41. The second-order valence-electron chi connectivity index (χ2n) is 14.4. The molecule has 0 heterocycles. The molecule has 0 aliphatic rings. The van der Waals surface area contributed by atoms with Gasteiger partial charge in [-0.15, -0.1) is 0 Å². The molecule has 0 atom stereocenters. The molecule has 0 saturated heterocycles. The molecule has 0 unspecified atom stereocenters. The second-order valence-corrected chi connectivity index (χ2v) is 30.9. The van der Waals surface area contributed by atoms with Crippen molar-refractivity contribution in [1.82, 2.24) is 0 Å². The summed E-state index contributed by atoms with van der Waals surface area (Å²) >= 11 is -9.29. The van der Waals surface area contributed by atoms with Gasteiger partial charge in [-0.3, -0.25) is 0 Å². The third kappa shape index (κ3) is 17.4. The molecule has 0 spiro atoms. The van der Waals surface area contributed by atoms with Crippen LogP contribution < -0.4 is 0 Å². The SMILES string of the molecule is C.CP(C)(=O)CC([O][Sn][O]C(CP(C)(C)=O)(C(F)(F)F)C(F)(F)F)(C(F)(F)F)C(F)(F)F.C[PH+](C)CC([O][Sn][O]C(CP(C)(C)=O)(C(F)(F)F)C(F)(F)F)(C(F)(F)F)C(F)(F)F. The van der Waals surface area contributed by atoms with Gasteiger partial charge in [0.1, 0.15) is 0 Å². The number of hydrogen-bond donors (Lipinski definition) is 0. The van der Waals surface area contributed by atoms with E-state index in [1.54, 1.807) is 0 Å². The van der Waals surface area contributed by atoms with Crippen molar-refractivity contribution in [2.45, 2.75) is 79.2 Å². The summed E-state index contributed by atoms with van der Waals surface area (Å²) in [5.74, 6) is 0. The molecule has 0 aromatic rings. The first-order chi connectivity index (χ1) is 26.0. The third-order valence-corrected chi connectivity index (χ3v) is 16.7. The number of hydrogen-bond acceptors (Lipinski definition) is 7. The zero-order valence-electron chi connectivity index (χ0n) is 31.6. The molecule has 374 valence electrons. The Hall–Kier alpha value is 0.877. The Bertz CT molecular complexity index is 1450. The van der Waals surface area contributed by atoms with Gasteiger partial charge < -0.3 is 0 Å². The Balaban J connectivity index is -0.00000111. The van der Waals surface area contributed by atoms with Gasteiger partial charge in [0.25, 0.3) is 0 Å². The Morgan fingerprint density at radius 2 is 0.500 bits per heavy atom. The van der Waals surface area contributed by atoms with Gasteiger partial charge in [0.05, 0.1) is 0 Å². The number of halogens is 24. The van der Waals surface area contributed by atoms with Crippen LogP contribution in [0.3, 0.4) is 0 Å². The Labute approximate surface area is 360 Å². The van der Waals surface area contributed by atoms with Crippen molar-refractivity contribution < 1.29 is 131 Å². The van der Waals surface area contributed by atoms with E-state index in [1.165, 1.54) is 0 Å². The molecule has 7 nitrogen and oxygen atoms in total. The summed E-state index contributed by atoms with van der Waals surface area (Å²) in [5.41, 5.74) is -20.8. The summed E-state index contributed by atoms with van der Waals surface area (Å²) in [6, 6.07) is 0. The molecule has 0 aromatic heterocycles. The average molecular weight is 1270 g/mol. The summed E-state index contributed by atoms with van der Waals surface area (Å²) in [6.07, 6.45) is -59.1. The molecular formula is C25H37F24O7P4Sn2+. The first-order valence-electron chi connectivity index (χ1n) is 15.1. The molecule has 0 amide bonds. The quantitative estimate of drug-likeness (QED) is 0.0864. The second kappa shape index (κ2) is 21.3. The Morgan fingerprint density at radius 1 is 0.355 bits per heavy atom. The van der Waals surface area contributed by atoms with Crippen LogP contribution in [0.25, 0.3) is 0 Å². The minimum absolute atomic E-state index is 0. The van der Waals surface area contributed by atoms with E-state index in [0.29, 0.717) is 40.0 Å². The molecule has 0 aromatic carbocycles. The minimum atomic E-state index is -6.40. The normalized spacial score (nSPS) is 15.6. The van der Waals surface area contributed by atoms with Crippen LogP contribution in [0.5, 0.6) is 0 Å². The summed E-state index contributed by atoms with van der Waals surface area (Å²) in [7, 11) is -15.1. The van der Waals surface area contributed by atoms with E-state index in [1.807, 2.05) is 0 Å². The molecule has 0 bridgehead atoms. The summed E-state index contributed by atoms with van der Waals surface area (Å²) in [4.78, 5) is 0. The van der Waals surface area contributed by atoms with Crippen LogP contribution in [0.1, 0.15) is 7.43 Å². The van der Waals surface area contributed by atoms with Crippen molar-refractivity contribution in [2.24, 2.45) is 0 Å². The number of rotatable bonds is 16. The maximum absolute atomic E-state index is 13.3. The zero-order valence-corrected chi connectivity index (χ0v) is 41.0. The Morgan fingerprint density at radius 3 is 0.613 bits per heavy atom. The van der Waals surface area contributed by atoms with Crippen molar-refractivity contribution in [1.29, 1.82) is 0 Å². The van der Waals surface area contributed by atoms with Crippen LogP contribution in [0.15, 0.2) is 0 Å². The van der Waals surface area contributed by atoms with Gasteiger partial charge in [0.2, 0.25) is 0 Å². The van der Waals surface area contributed by atoms with Crippen LogP contribution in [0.4, 0.5) is 105 Å². The molecule has 0 saturated carbocycles. The predicted molar refractivity (Wildman–Crippen MR) is 180 cm³/mol. The van der Waals surface area contributed by atoms with Crippen molar-refractivity contribution in [2.75, 3.05) is 78.0 Å². The van der Waals surface area contributed by atoms with Gasteiger partial charge >= 0.3 is 354 Å². The van der Waals surface area contributed by atoms with E-state index in [2.05, 4.69) is 12.3 Å². The average Bonchev–Trinajstić information content (AvgIpc) is 2.88. The van der Waals surface area contributed by atoms with Crippen LogP contribution in [0.2, 0.25) is 0 Å². The van der Waals surface area contributed by atoms with E-state index in [0.717, 1.165) is 13.3 Å². The fraction of sp³-hybridized carbons (Fsp3) is 1.00. The van der Waals surface area contributed by atoms with E-state index in [-0.39, 0.29) is 7.43 Å². The van der Waals surface area contributed by atoms with Crippen LogP contribution in [0, 0.1) is 0 Å². The van der Waals surface area contributed by atoms with Crippen LogP contribution in [-0.2, 0) is 26.0 Å². The van der Waals surface area contributed by atoms with Crippen molar-refractivity contribution in [3.8, 4) is 0 Å². The molecule has 37 heteroatoms. The Kier molecular flexibility index (Phi) is 23.0. The van der Waals surface area contributed by atoms with Gasteiger partial charge in [0.15, 0.2) is 0 Å². The van der Waals surface area contributed by atoms with Crippen molar-refractivity contribution >= 4 is 73.3 Å². The molecule has 0 rings (SSSR count). The molecule has 62 heavy (non-hydrogen) atoms. The predicted octanol–water partition coefficient (Wildman–Crippen LogP) is 11.5. The van der Waals surface area contributed by atoms with Crippen molar-refractivity contribution in [3.63, 3.8) is 0 Å². The van der Waals surface area contributed by atoms with Crippen molar-refractivity contribution in [3.05, 3.63) is 0 Å². The van der Waals surface area contributed by atoms with Gasteiger partial charge in [-0.25, -0.2) is 0 Å². The molecule has 0 aliphatic carbocycles. The molecule has 4 radical (unpaired) electrons. The summed E-state index contributed by atoms with van der Waals surface area (Å²) < 4.78 is 368. The summed E-state index contributed by atoms with van der Waals surface area (Å²) in [6.45, 7) is 5.09. The first kappa shape index (κ1) is 67.1.